The molecule has 3 fully saturated rings. The van der Waals surface area contributed by atoms with Crippen molar-refractivity contribution in [2.45, 2.75) is 70.8 Å². The van der Waals surface area contributed by atoms with Crippen LogP contribution >= 0.6 is 0 Å². The summed E-state index contributed by atoms with van der Waals surface area (Å²) in [6.45, 7) is 19.1. The molecule has 3 saturated heterocycles. The van der Waals surface area contributed by atoms with Crippen molar-refractivity contribution < 1.29 is 14.0 Å². The van der Waals surface area contributed by atoms with Gasteiger partial charge < -0.3 is 14.0 Å². The fraction of sp³-hybridized carbons (Fsp3) is 0.341. The lowest BCUT2D eigenvalue weighted by Gasteiger charge is -2.57. The summed E-state index contributed by atoms with van der Waals surface area (Å²) in [5.74, 6) is 2.22. The second kappa shape index (κ2) is 12.9. The van der Waals surface area contributed by atoms with E-state index in [1.54, 1.807) is 12.1 Å². The molecule has 49 heavy (non-hydrogen) atoms. The minimum Gasteiger partial charge on any atom is -0.872 e. The standard InChI is InChI=1S/C44H50N2O2Si/c1-7-32-30-46(23-21-35(32)26-37(46)27-36-20-22-45-42-19-18-38(47)28-39(36)42)29-31-24-40(33-14-10-8-11-15-33)43(48-49(5,6)44(2,3)4)41(25-31)34-16-12-9-13-17-34/h7-20,22,24-25,28,32,35,37H,1,21,23,26-27,29-30H2,2-6H3. The van der Waals surface area contributed by atoms with Gasteiger partial charge in [0.1, 0.15) is 12.3 Å². The Morgan fingerprint density at radius 2 is 1.57 bits per heavy atom. The minimum atomic E-state index is -2.19. The van der Waals surface area contributed by atoms with Crippen LogP contribution in [-0.4, -0.2) is 36.9 Å². The van der Waals surface area contributed by atoms with Crippen molar-refractivity contribution in [3.05, 3.63) is 127 Å². The van der Waals surface area contributed by atoms with Crippen LogP contribution in [0.25, 0.3) is 33.2 Å². The first-order chi connectivity index (χ1) is 23.5. The van der Waals surface area contributed by atoms with Gasteiger partial charge in [0.25, 0.3) is 8.32 Å². The van der Waals surface area contributed by atoms with E-state index in [-0.39, 0.29) is 10.8 Å². The van der Waals surface area contributed by atoms with E-state index in [0.717, 1.165) is 47.2 Å². The minimum absolute atomic E-state index is 0.0460. The third-order valence-electron chi connectivity index (χ3n) is 12.0. The Morgan fingerprint density at radius 3 is 2.18 bits per heavy atom. The van der Waals surface area contributed by atoms with Crippen LogP contribution in [0.4, 0.5) is 0 Å². The molecule has 252 valence electrons. The molecule has 4 unspecified atom stereocenters. The summed E-state index contributed by atoms with van der Waals surface area (Å²) < 4.78 is 8.34. The maximum absolute atomic E-state index is 12.5. The van der Waals surface area contributed by atoms with Crippen LogP contribution in [0.3, 0.4) is 0 Å². The Balaban J connectivity index is 1.37. The molecule has 0 aliphatic carbocycles. The summed E-state index contributed by atoms with van der Waals surface area (Å²) in [6.07, 6.45) is 7.46. The van der Waals surface area contributed by atoms with Gasteiger partial charge in [-0.15, -0.1) is 12.3 Å². The fourth-order valence-electron chi connectivity index (χ4n) is 8.25. The van der Waals surface area contributed by atoms with Crippen molar-refractivity contribution in [1.82, 2.24) is 4.98 Å². The number of fused-ring (bicyclic) bond motifs is 4. The van der Waals surface area contributed by atoms with Crippen LogP contribution in [0.2, 0.25) is 18.1 Å². The Hall–Kier alpha value is -4.19. The van der Waals surface area contributed by atoms with E-state index in [1.165, 1.54) is 46.2 Å². The number of quaternary nitrogens is 1. The van der Waals surface area contributed by atoms with Gasteiger partial charge in [-0.1, -0.05) is 99.6 Å². The summed E-state index contributed by atoms with van der Waals surface area (Å²) in [5.41, 5.74) is 8.20. The third-order valence-corrected chi connectivity index (χ3v) is 16.3. The van der Waals surface area contributed by atoms with Gasteiger partial charge in [0.2, 0.25) is 0 Å². The van der Waals surface area contributed by atoms with Gasteiger partial charge in [0.05, 0.1) is 24.6 Å². The van der Waals surface area contributed by atoms with Crippen LogP contribution in [0.15, 0.2) is 116 Å². The van der Waals surface area contributed by atoms with E-state index in [1.807, 2.05) is 12.3 Å². The molecule has 3 aliphatic heterocycles. The molecule has 4 nitrogen and oxygen atoms in total. The number of hydrogen-bond acceptors (Lipinski definition) is 3. The van der Waals surface area contributed by atoms with E-state index in [2.05, 4.69) is 130 Å². The Labute approximate surface area is 293 Å². The average Bonchev–Trinajstić information content (AvgIpc) is 3.09. The number of pyridine rings is 1. The van der Waals surface area contributed by atoms with Crippen LogP contribution in [0.5, 0.6) is 11.5 Å². The van der Waals surface area contributed by atoms with Crippen molar-refractivity contribution in [3.8, 4) is 33.8 Å². The first-order valence-corrected chi connectivity index (χ1v) is 20.9. The number of rotatable bonds is 9. The van der Waals surface area contributed by atoms with Crippen molar-refractivity contribution >= 4 is 19.2 Å². The average molecular weight is 667 g/mol. The normalized spacial score (nSPS) is 22.3. The molecule has 0 N–H and O–H groups in total. The highest BCUT2D eigenvalue weighted by Crippen LogP contribution is 2.48. The van der Waals surface area contributed by atoms with E-state index < -0.39 is 8.32 Å². The van der Waals surface area contributed by atoms with Crippen molar-refractivity contribution in [2.24, 2.45) is 11.8 Å². The summed E-state index contributed by atoms with van der Waals surface area (Å²) in [5, 5.41) is 13.5. The topological polar surface area (TPSA) is 45.2 Å². The lowest BCUT2D eigenvalue weighted by molar-refractivity contribution is -0.981. The Kier molecular flexibility index (Phi) is 8.79. The number of piperidine rings is 3. The molecule has 5 aromatic rings. The van der Waals surface area contributed by atoms with E-state index in [9.17, 15) is 5.11 Å². The molecule has 2 bridgehead atoms. The van der Waals surface area contributed by atoms with Gasteiger partial charge in [-0.05, 0) is 65.0 Å². The molecule has 4 atom stereocenters. The van der Waals surface area contributed by atoms with Crippen molar-refractivity contribution in [3.63, 3.8) is 0 Å². The predicted molar refractivity (Wildman–Crippen MR) is 204 cm³/mol. The molecule has 4 aromatic carbocycles. The van der Waals surface area contributed by atoms with Crippen molar-refractivity contribution in [1.29, 1.82) is 0 Å². The van der Waals surface area contributed by atoms with Gasteiger partial charge in [-0.3, -0.25) is 4.98 Å². The predicted octanol–water partition coefficient (Wildman–Crippen LogP) is 10.2. The smallest absolute Gasteiger partial charge is 0.250 e. The maximum atomic E-state index is 12.5. The van der Waals surface area contributed by atoms with E-state index in [0.29, 0.717) is 17.9 Å². The maximum Gasteiger partial charge on any atom is 0.250 e. The number of benzene rings is 4. The quantitative estimate of drug-likeness (QED) is 0.0894. The monoisotopic (exact) mass is 666 g/mol. The zero-order chi connectivity index (χ0) is 34.4. The van der Waals surface area contributed by atoms with Crippen molar-refractivity contribution in [2.75, 3.05) is 13.1 Å². The Morgan fingerprint density at radius 1 is 0.918 bits per heavy atom. The fourth-order valence-corrected chi connectivity index (χ4v) is 9.29. The zero-order valence-corrected chi connectivity index (χ0v) is 30.8. The summed E-state index contributed by atoms with van der Waals surface area (Å²) in [6, 6.07) is 34.3. The Bertz CT molecular complexity index is 1910. The molecular formula is C44H50N2O2Si. The first-order valence-electron chi connectivity index (χ1n) is 18.0. The van der Waals surface area contributed by atoms with E-state index in [4.69, 9.17) is 4.43 Å². The van der Waals surface area contributed by atoms with Gasteiger partial charge >= 0.3 is 0 Å². The summed E-state index contributed by atoms with van der Waals surface area (Å²) >= 11 is 0. The molecule has 3 aliphatic rings. The molecule has 0 radical (unpaired) electrons. The van der Waals surface area contributed by atoms with Gasteiger partial charge in [0.15, 0.2) is 0 Å². The largest absolute Gasteiger partial charge is 0.872 e. The van der Waals surface area contributed by atoms with Crippen LogP contribution < -0.4 is 9.53 Å². The van der Waals surface area contributed by atoms with E-state index >= 15 is 0 Å². The first kappa shape index (κ1) is 33.3. The lowest BCUT2D eigenvalue weighted by atomic mass is 9.71. The molecule has 0 saturated carbocycles. The second-order valence-corrected chi connectivity index (χ2v) is 20.8. The van der Waals surface area contributed by atoms with Crippen LogP contribution in [-0.2, 0) is 13.0 Å². The number of aromatic nitrogens is 1. The highest BCUT2D eigenvalue weighted by Gasteiger charge is 2.51. The van der Waals surface area contributed by atoms with Gasteiger partial charge in [0, 0.05) is 53.5 Å². The molecular weight excluding hydrogens is 617 g/mol. The molecule has 4 heterocycles. The molecule has 8 rings (SSSR count). The zero-order valence-electron chi connectivity index (χ0n) is 29.8. The number of nitrogens with zero attached hydrogens (tertiary/aromatic N) is 2. The van der Waals surface area contributed by atoms with Crippen LogP contribution in [0.1, 0.15) is 44.7 Å². The second-order valence-electron chi connectivity index (χ2n) is 16.1. The highest BCUT2D eigenvalue weighted by atomic mass is 28.4. The molecule has 0 amide bonds. The number of hydrogen-bond donors (Lipinski definition) is 0. The SMILES string of the molecule is C=CC1C[N+]2(Cc3cc(-c4ccccc4)c(O[Si](C)(C)C(C)(C)C)c(-c4ccccc4)c3)CCC1CC2Cc1ccnc2ccc([O-])cc12. The highest BCUT2D eigenvalue weighted by molar-refractivity contribution is 6.74. The van der Waals surface area contributed by atoms with Gasteiger partial charge in [-0.2, -0.15) is 0 Å². The lowest BCUT2D eigenvalue weighted by Crippen LogP contribution is -2.66. The molecule has 5 heteroatoms. The summed E-state index contributed by atoms with van der Waals surface area (Å²) in [7, 11) is -2.19. The molecule has 1 aromatic heterocycles. The molecule has 0 spiro atoms. The third kappa shape index (κ3) is 6.47. The van der Waals surface area contributed by atoms with Crippen LogP contribution in [0, 0.1) is 11.8 Å². The summed E-state index contributed by atoms with van der Waals surface area (Å²) in [4.78, 5) is 4.59. The van der Waals surface area contributed by atoms with Gasteiger partial charge in [-0.25, -0.2) is 0 Å².